The maximum Gasteiger partial charge on any atom is 0.338 e. The zero-order chi connectivity index (χ0) is 14.1. The molecule has 19 heavy (non-hydrogen) atoms. The summed E-state index contributed by atoms with van der Waals surface area (Å²) in [5.74, 6) is 0.452. The highest BCUT2D eigenvalue weighted by Gasteiger charge is 2.07. The molecule has 0 N–H and O–H groups in total. The van der Waals surface area contributed by atoms with E-state index in [1.54, 1.807) is 18.2 Å². The molecule has 0 bridgehead atoms. The molecule has 1 radical (unpaired) electrons. The van der Waals surface area contributed by atoms with Gasteiger partial charge in [0.2, 0.25) is 0 Å². The third-order valence-corrected chi connectivity index (χ3v) is 3.49. The molecular weight excluding hydrogens is 260 g/mol. The minimum Gasteiger partial charge on any atom is -0.462 e. The Labute approximate surface area is 121 Å². The van der Waals surface area contributed by atoms with Gasteiger partial charge >= 0.3 is 5.97 Å². The first-order valence-corrected chi connectivity index (χ1v) is 7.35. The van der Waals surface area contributed by atoms with Gasteiger partial charge in [0.1, 0.15) is 0 Å². The van der Waals surface area contributed by atoms with Crippen LogP contribution in [0.4, 0.5) is 0 Å². The molecule has 0 aromatic heterocycles. The van der Waals surface area contributed by atoms with Crippen LogP contribution in [0.3, 0.4) is 0 Å². The molecule has 0 saturated carbocycles. The average Bonchev–Trinajstić information content (AvgIpc) is 2.42. The van der Waals surface area contributed by atoms with Gasteiger partial charge in [-0.3, -0.25) is 0 Å². The zero-order valence-corrected chi connectivity index (χ0v) is 12.5. The minimum absolute atomic E-state index is 0.343. The van der Waals surface area contributed by atoms with Gasteiger partial charge in [0.15, 0.2) is 0 Å². The number of halogens is 1. The highest BCUT2D eigenvalue weighted by atomic mass is 35.5. The van der Waals surface area contributed by atoms with Crippen molar-refractivity contribution in [3.63, 3.8) is 0 Å². The lowest BCUT2D eigenvalue weighted by Gasteiger charge is -2.08. The van der Waals surface area contributed by atoms with Crippen molar-refractivity contribution in [2.45, 2.75) is 46.0 Å². The number of benzene rings is 1. The molecule has 1 rings (SSSR count). The molecule has 1 atom stereocenters. The Morgan fingerprint density at radius 1 is 1.42 bits per heavy atom. The van der Waals surface area contributed by atoms with E-state index in [1.165, 1.54) is 19.3 Å². The molecule has 0 aliphatic rings. The molecule has 0 saturated heterocycles. The number of carbonyl (C=O) groups excluding carboxylic acids is 1. The van der Waals surface area contributed by atoms with Gasteiger partial charge in [0.05, 0.1) is 12.2 Å². The van der Waals surface area contributed by atoms with E-state index in [1.807, 2.05) is 0 Å². The van der Waals surface area contributed by atoms with Crippen LogP contribution in [-0.4, -0.2) is 12.6 Å². The summed E-state index contributed by atoms with van der Waals surface area (Å²) < 4.78 is 5.19. The van der Waals surface area contributed by atoms with Crippen molar-refractivity contribution in [2.24, 2.45) is 5.92 Å². The first kappa shape index (κ1) is 16.0. The Hall–Kier alpha value is -1.02. The fraction of sp³-hybridized carbons (Fsp3) is 0.562. The number of hydrogen-bond acceptors (Lipinski definition) is 2. The van der Waals surface area contributed by atoms with E-state index in [0.29, 0.717) is 17.2 Å². The van der Waals surface area contributed by atoms with E-state index in [-0.39, 0.29) is 5.97 Å². The van der Waals surface area contributed by atoms with E-state index in [9.17, 15) is 4.79 Å². The molecule has 2 nitrogen and oxygen atoms in total. The largest absolute Gasteiger partial charge is 0.462 e. The highest BCUT2D eigenvalue weighted by Crippen LogP contribution is 2.13. The topological polar surface area (TPSA) is 26.3 Å². The lowest BCUT2D eigenvalue weighted by atomic mass is 10.0. The number of esters is 1. The van der Waals surface area contributed by atoms with E-state index >= 15 is 0 Å². The molecule has 1 aromatic carbocycles. The lowest BCUT2D eigenvalue weighted by molar-refractivity contribution is 0.0497. The lowest BCUT2D eigenvalue weighted by Crippen LogP contribution is -2.06. The standard InChI is InChI=1S/C16H22ClO2/c1-3-13(2)8-5-4-6-11-19-16(18)14-9-7-10-15(17)12-14/h7,10,12-13H,3-6,8,11H2,1-2H3. The third kappa shape index (κ3) is 6.63. The maximum absolute atomic E-state index is 11.7. The molecular formula is C16H22ClO2. The van der Waals surface area contributed by atoms with Crippen LogP contribution in [0.2, 0.25) is 5.02 Å². The van der Waals surface area contributed by atoms with Crippen molar-refractivity contribution >= 4 is 17.6 Å². The van der Waals surface area contributed by atoms with E-state index in [0.717, 1.165) is 18.8 Å². The summed E-state index contributed by atoms with van der Waals surface area (Å²) in [6.07, 6.45) is 5.72. The van der Waals surface area contributed by atoms with Gasteiger partial charge in [-0.15, -0.1) is 0 Å². The molecule has 1 unspecified atom stereocenters. The Morgan fingerprint density at radius 2 is 2.21 bits per heavy atom. The summed E-state index contributed by atoms with van der Waals surface area (Å²) in [7, 11) is 0. The third-order valence-electron chi connectivity index (χ3n) is 3.25. The van der Waals surface area contributed by atoms with Crippen molar-refractivity contribution in [1.82, 2.24) is 0 Å². The van der Waals surface area contributed by atoms with Crippen LogP contribution in [0, 0.1) is 12.0 Å². The van der Waals surface area contributed by atoms with Crippen LogP contribution in [0.25, 0.3) is 0 Å². The second-order valence-corrected chi connectivity index (χ2v) is 5.36. The zero-order valence-electron chi connectivity index (χ0n) is 11.7. The quantitative estimate of drug-likeness (QED) is 0.500. The predicted octanol–water partition coefficient (Wildman–Crippen LogP) is 4.90. The molecule has 0 fully saturated rings. The normalized spacial score (nSPS) is 12.2. The summed E-state index contributed by atoms with van der Waals surface area (Å²) in [5, 5.41) is 0.527. The second kappa shape index (κ2) is 8.98. The SMILES string of the molecule is CCC(C)CCCCCOC(=O)c1[c]ccc(Cl)c1. The summed E-state index contributed by atoms with van der Waals surface area (Å²) in [6.45, 7) is 4.96. The first-order valence-electron chi connectivity index (χ1n) is 6.97. The van der Waals surface area contributed by atoms with Gasteiger partial charge in [-0.25, -0.2) is 4.79 Å². The van der Waals surface area contributed by atoms with E-state index in [4.69, 9.17) is 16.3 Å². The number of carbonyl (C=O) groups is 1. The second-order valence-electron chi connectivity index (χ2n) is 4.92. The molecule has 0 spiro atoms. The maximum atomic E-state index is 11.7. The summed E-state index contributed by atoms with van der Waals surface area (Å²) >= 11 is 5.81. The molecule has 0 aliphatic carbocycles. The van der Waals surface area contributed by atoms with Crippen molar-refractivity contribution in [1.29, 1.82) is 0 Å². The van der Waals surface area contributed by atoms with Crippen LogP contribution < -0.4 is 0 Å². The van der Waals surface area contributed by atoms with Crippen LogP contribution >= 0.6 is 11.6 Å². The molecule has 0 aliphatic heterocycles. The number of hydrogen-bond donors (Lipinski definition) is 0. The van der Waals surface area contributed by atoms with Gasteiger partial charge in [-0.05, 0) is 30.5 Å². The van der Waals surface area contributed by atoms with Crippen molar-refractivity contribution in [2.75, 3.05) is 6.61 Å². The van der Waals surface area contributed by atoms with Crippen LogP contribution in [-0.2, 0) is 4.74 Å². The Bertz CT molecular complexity index is 390. The smallest absolute Gasteiger partial charge is 0.338 e. The molecule has 0 heterocycles. The van der Waals surface area contributed by atoms with Gasteiger partial charge in [-0.2, -0.15) is 0 Å². The predicted molar refractivity (Wildman–Crippen MR) is 78.5 cm³/mol. The Balaban J connectivity index is 2.14. The molecule has 1 aromatic rings. The van der Waals surface area contributed by atoms with Gasteiger partial charge in [0, 0.05) is 5.02 Å². The highest BCUT2D eigenvalue weighted by molar-refractivity contribution is 6.30. The summed E-state index contributed by atoms with van der Waals surface area (Å²) in [6, 6.07) is 7.72. The van der Waals surface area contributed by atoms with Crippen LogP contribution in [0.5, 0.6) is 0 Å². The van der Waals surface area contributed by atoms with Gasteiger partial charge < -0.3 is 4.74 Å². The molecule has 0 amide bonds. The number of ether oxygens (including phenoxy) is 1. The molecule has 105 valence electrons. The average molecular weight is 282 g/mol. The van der Waals surface area contributed by atoms with Crippen LogP contribution in [0.1, 0.15) is 56.3 Å². The van der Waals surface area contributed by atoms with Crippen molar-refractivity contribution in [3.05, 3.63) is 34.9 Å². The molecule has 3 heteroatoms. The minimum atomic E-state index is -0.343. The van der Waals surface area contributed by atoms with E-state index < -0.39 is 0 Å². The number of unbranched alkanes of at least 4 members (excludes halogenated alkanes) is 2. The van der Waals surface area contributed by atoms with Crippen molar-refractivity contribution in [3.8, 4) is 0 Å². The number of rotatable bonds is 8. The summed E-state index contributed by atoms with van der Waals surface area (Å²) in [5.41, 5.74) is 0.395. The van der Waals surface area contributed by atoms with E-state index in [2.05, 4.69) is 19.9 Å². The van der Waals surface area contributed by atoms with Gasteiger partial charge in [0.25, 0.3) is 0 Å². The Morgan fingerprint density at radius 3 is 2.89 bits per heavy atom. The Kier molecular flexibility index (Phi) is 7.57. The monoisotopic (exact) mass is 281 g/mol. The van der Waals surface area contributed by atoms with Gasteiger partial charge in [-0.1, -0.05) is 57.2 Å². The fourth-order valence-corrected chi connectivity index (χ4v) is 1.95. The fourth-order valence-electron chi connectivity index (χ4n) is 1.77. The van der Waals surface area contributed by atoms with Crippen LogP contribution in [0.15, 0.2) is 18.2 Å². The summed E-state index contributed by atoms with van der Waals surface area (Å²) in [4.78, 5) is 11.7. The first-order chi connectivity index (χ1) is 9.13. The van der Waals surface area contributed by atoms with Crippen molar-refractivity contribution < 1.29 is 9.53 Å².